The number of nitrogens with zero attached hydrogens (tertiary/aromatic N) is 5. The first kappa shape index (κ1) is 22.4. The van der Waals surface area contributed by atoms with Crippen molar-refractivity contribution in [3.05, 3.63) is 135 Å². The van der Waals surface area contributed by atoms with E-state index in [-0.39, 0.29) is 11.6 Å². The molecule has 1 unspecified atom stereocenters. The van der Waals surface area contributed by atoms with E-state index in [0.717, 1.165) is 28.9 Å². The van der Waals surface area contributed by atoms with Crippen LogP contribution in [-0.2, 0) is 0 Å². The summed E-state index contributed by atoms with van der Waals surface area (Å²) < 4.78 is 7.25. The molecule has 38 heavy (non-hydrogen) atoms. The van der Waals surface area contributed by atoms with Crippen LogP contribution >= 0.6 is 11.3 Å². The molecule has 0 saturated heterocycles. The van der Waals surface area contributed by atoms with Crippen molar-refractivity contribution in [1.29, 1.82) is 0 Å². The lowest BCUT2D eigenvalue weighted by molar-refractivity contribution is 0.577. The van der Waals surface area contributed by atoms with E-state index in [1.807, 2.05) is 42.5 Å². The third-order valence-corrected chi connectivity index (χ3v) is 7.54. The van der Waals surface area contributed by atoms with Crippen LogP contribution in [0.3, 0.4) is 0 Å². The first-order valence-corrected chi connectivity index (χ1v) is 13.1. The summed E-state index contributed by atoms with van der Waals surface area (Å²) in [6.45, 7) is 0. The fraction of sp³-hybridized carbons (Fsp3) is 0.0667. The van der Waals surface area contributed by atoms with Gasteiger partial charge in [0.1, 0.15) is 0 Å². The zero-order chi connectivity index (χ0) is 25.5. The Kier molecular flexibility index (Phi) is 5.44. The van der Waals surface area contributed by atoms with Gasteiger partial charge in [0.2, 0.25) is 10.8 Å². The Hall–Kier alpha value is -4.82. The van der Waals surface area contributed by atoms with E-state index in [9.17, 15) is 4.79 Å². The van der Waals surface area contributed by atoms with Gasteiger partial charge in [-0.25, -0.2) is 0 Å². The van der Waals surface area contributed by atoms with Crippen molar-refractivity contribution < 1.29 is 4.42 Å². The molecule has 7 rings (SSSR count). The summed E-state index contributed by atoms with van der Waals surface area (Å²) in [5.74, 6) is 0.943. The van der Waals surface area contributed by atoms with Crippen LogP contribution in [0, 0.1) is 0 Å². The van der Waals surface area contributed by atoms with Crippen LogP contribution in [0.4, 0.5) is 5.69 Å². The Bertz CT molecular complexity index is 1860. The Labute approximate surface area is 221 Å². The van der Waals surface area contributed by atoms with Gasteiger partial charge in [0, 0.05) is 6.42 Å². The summed E-state index contributed by atoms with van der Waals surface area (Å²) in [4.78, 5) is 17.9. The van der Waals surface area contributed by atoms with Crippen molar-refractivity contribution in [2.45, 2.75) is 12.5 Å². The summed E-state index contributed by atoms with van der Waals surface area (Å²) in [6.07, 6.45) is 4.25. The summed E-state index contributed by atoms with van der Waals surface area (Å²) in [5, 5.41) is 11.4. The van der Waals surface area contributed by atoms with Gasteiger partial charge in [-0.05, 0) is 47.0 Å². The third kappa shape index (κ3) is 4.01. The number of hydrogen-bond donors (Lipinski definition) is 0. The first-order chi connectivity index (χ1) is 18.7. The van der Waals surface area contributed by atoms with Crippen LogP contribution in [0.5, 0.6) is 0 Å². The number of fused-ring (bicyclic) bond motifs is 1. The predicted molar refractivity (Wildman–Crippen MR) is 149 cm³/mol. The van der Waals surface area contributed by atoms with E-state index in [2.05, 4.69) is 63.6 Å². The number of rotatable bonds is 5. The topological polar surface area (TPSA) is 76.0 Å². The van der Waals surface area contributed by atoms with Gasteiger partial charge >= 0.3 is 0 Å². The molecule has 184 valence electrons. The minimum atomic E-state index is -0.194. The summed E-state index contributed by atoms with van der Waals surface area (Å²) in [6, 6.07) is 32.6. The molecule has 0 saturated carbocycles. The van der Waals surface area contributed by atoms with Gasteiger partial charge in [0.15, 0.2) is 5.76 Å². The molecule has 3 aromatic heterocycles. The van der Waals surface area contributed by atoms with Crippen LogP contribution in [-0.4, -0.2) is 20.3 Å². The number of hydrogen-bond acceptors (Lipinski definition) is 7. The second-order valence-electron chi connectivity index (χ2n) is 9.00. The highest BCUT2D eigenvalue weighted by molar-refractivity contribution is 7.15. The van der Waals surface area contributed by atoms with Crippen molar-refractivity contribution in [2.24, 2.45) is 5.10 Å². The highest BCUT2D eigenvalue weighted by atomic mass is 32.1. The number of benzene rings is 3. The predicted octanol–water partition coefficient (Wildman–Crippen LogP) is 5.31. The molecule has 1 aliphatic heterocycles. The van der Waals surface area contributed by atoms with Gasteiger partial charge in [-0.2, -0.15) is 14.6 Å². The van der Waals surface area contributed by atoms with Gasteiger partial charge in [-0.1, -0.05) is 84.1 Å². The van der Waals surface area contributed by atoms with Crippen LogP contribution in [0.25, 0.3) is 22.6 Å². The molecule has 0 amide bonds. The van der Waals surface area contributed by atoms with Crippen molar-refractivity contribution in [2.75, 3.05) is 5.01 Å². The lowest BCUT2D eigenvalue weighted by atomic mass is 9.98. The molecule has 3 aromatic carbocycles. The molecular formula is C30H21N5O2S. The zero-order valence-electron chi connectivity index (χ0n) is 20.1. The average molecular weight is 516 g/mol. The highest BCUT2D eigenvalue weighted by Gasteiger charge is 2.29. The first-order valence-electron chi connectivity index (χ1n) is 12.3. The number of aromatic nitrogens is 3. The Morgan fingerprint density at radius 3 is 2.37 bits per heavy atom. The number of thiazole rings is 1. The zero-order valence-corrected chi connectivity index (χ0v) is 21.0. The molecular weight excluding hydrogens is 494 g/mol. The van der Waals surface area contributed by atoms with E-state index >= 15 is 0 Å². The average Bonchev–Trinajstić information content (AvgIpc) is 3.76. The van der Waals surface area contributed by atoms with Crippen molar-refractivity contribution in [3.8, 4) is 11.6 Å². The summed E-state index contributed by atoms with van der Waals surface area (Å²) >= 11 is 1.31. The lowest BCUT2D eigenvalue weighted by Crippen LogP contribution is -2.23. The molecule has 1 atom stereocenters. The van der Waals surface area contributed by atoms with Gasteiger partial charge in [0.25, 0.3) is 5.56 Å². The maximum Gasteiger partial charge on any atom is 0.291 e. The largest absolute Gasteiger partial charge is 0.461 e. The van der Waals surface area contributed by atoms with Gasteiger partial charge in [-0.3, -0.25) is 9.80 Å². The second-order valence-corrected chi connectivity index (χ2v) is 10.0. The molecule has 0 aliphatic carbocycles. The van der Waals surface area contributed by atoms with E-state index in [1.165, 1.54) is 21.4 Å². The molecule has 8 heteroatoms. The van der Waals surface area contributed by atoms with Gasteiger partial charge in [0.05, 0.1) is 28.2 Å². The molecule has 1 aliphatic rings. The molecule has 0 N–H and O–H groups in total. The monoisotopic (exact) mass is 515 g/mol. The Morgan fingerprint density at radius 1 is 0.895 bits per heavy atom. The van der Waals surface area contributed by atoms with Crippen LogP contribution < -0.4 is 15.1 Å². The third-order valence-electron chi connectivity index (χ3n) is 6.58. The quantitative estimate of drug-likeness (QED) is 0.311. The number of furan rings is 1. The van der Waals surface area contributed by atoms with Crippen LogP contribution in [0.1, 0.15) is 29.2 Å². The van der Waals surface area contributed by atoms with E-state index in [0.29, 0.717) is 21.1 Å². The maximum atomic E-state index is 12.9. The summed E-state index contributed by atoms with van der Waals surface area (Å²) in [7, 11) is 0. The lowest BCUT2D eigenvalue weighted by Gasteiger charge is -2.24. The summed E-state index contributed by atoms with van der Waals surface area (Å²) in [5.41, 5.74) is 5.14. The van der Waals surface area contributed by atoms with Crippen molar-refractivity contribution >= 4 is 33.8 Å². The fourth-order valence-electron chi connectivity index (χ4n) is 4.71. The molecule has 6 aromatic rings. The number of anilines is 1. The Morgan fingerprint density at radius 2 is 1.66 bits per heavy atom. The molecule has 7 nitrogen and oxygen atoms in total. The van der Waals surface area contributed by atoms with E-state index in [4.69, 9.17) is 9.52 Å². The van der Waals surface area contributed by atoms with E-state index < -0.39 is 0 Å². The van der Waals surface area contributed by atoms with Crippen LogP contribution in [0.15, 0.2) is 118 Å². The molecule has 0 bridgehead atoms. The van der Waals surface area contributed by atoms with Crippen molar-refractivity contribution in [1.82, 2.24) is 14.6 Å². The molecule has 0 fully saturated rings. The highest BCUT2D eigenvalue weighted by Crippen LogP contribution is 2.36. The maximum absolute atomic E-state index is 12.9. The fourth-order valence-corrected chi connectivity index (χ4v) is 5.61. The van der Waals surface area contributed by atoms with Gasteiger partial charge in [-0.15, -0.1) is 5.10 Å². The second kappa shape index (κ2) is 9.24. The molecule has 0 radical (unpaired) electrons. The normalized spacial score (nSPS) is 15.9. The van der Waals surface area contributed by atoms with Crippen LogP contribution in [0.2, 0.25) is 0 Å². The minimum absolute atomic E-state index is 0.106. The molecule has 0 spiro atoms. The standard InChI is InChI=1S/C30H21N5O2S/c36-29-27(38-30-31-28(33-35(29)30)26-12-7-17-37-26)18-20-13-15-23(16-14-20)34-25(22-10-5-2-6-11-22)19-24(32-34)21-8-3-1-4-9-21/h1-18,25H,19H2. The van der Waals surface area contributed by atoms with Gasteiger partial charge < -0.3 is 4.42 Å². The minimum Gasteiger partial charge on any atom is -0.461 e. The smallest absolute Gasteiger partial charge is 0.291 e. The molecule has 4 heterocycles. The number of hydrazone groups is 1. The SMILES string of the molecule is O=c1c(=Cc2ccc(N3N=C(c4ccccc4)CC3c3ccccc3)cc2)sc2nc(-c3ccco3)nn12. The van der Waals surface area contributed by atoms with E-state index in [1.54, 1.807) is 18.4 Å². The van der Waals surface area contributed by atoms with Crippen molar-refractivity contribution in [3.63, 3.8) is 0 Å². The Balaban J connectivity index is 1.21.